The Hall–Kier alpha value is -6.28. The molecule has 0 radical (unpaired) electrons. The number of aromatic nitrogens is 8. The van der Waals surface area contributed by atoms with E-state index in [0.29, 0.717) is 37.3 Å². The molecule has 0 saturated carbocycles. The molecule has 0 amide bonds. The lowest BCUT2D eigenvalue weighted by molar-refractivity contribution is -0.134. The molecule has 6 heterocycles. The molecule has 2 aliphatic rings. The predicted molar refractivity (Wildman–Crippen MR) is 281 cm³/mol. The summed E-state index contributed by atoms with van der Waals surface area (Å²) < 4.78 is 3.14. The van der Waals surface area contributed by atoms with Crippen molar-refractivity contribution in [2.75, 3.05) is 62.2 Å². The van der Waals surface area contributed by atoms with Crippen molar-refractivity contribution in [3.8, 4) is 0 Å². The van der Waals surface area contributed by atoms with Gasteiger partial charge < -0.3 is 29.1 Å². The predicted octanol–water partition coefficient (Wildman–Crippen LogP) is 4.85. The van der Waals surface area contributed by atoms with Crippen LogP contribution in [0.15, 0.2) is 68.0 Å². The molecule has 2 saturated heterocycles. The lowest BCUT2D eigenvalue weighted by Crippen LogP contribution is -2.50. The van der Waals surface area contributed by atoms with Crippen LogP contribution >= 0.6 is 0 Å². The van der Waals surface area contributed by atoms with E-state index in [9.17, 15) is 28.8 Å². The summed E-state index contributed by atoms with van der Waals surface area (Å²) in [6.07, 6.45) is 12.2. The Morgan fingerprint density at radius 1 is 0.597 bits per heavy atom. The van der Waals surface area contributed by atoms with E-state index < -0.39 is 11.9 Å². The second-order valence-corrected chi connectivity index (χ2v) is 20.7. The Morgan fingerprint density at radius 2 is 0.944 bits per heavy atom. The molecule has 4 aromatic heterocycles. The van der Waals surface area contributed by atoms with Crippen molar-refractivity contribution in [1.82, 2.24) is 48.8 Å². The highest BCUT2D eigenvalue weighted by Crippen LogP contribution is 2.26. The summed E-state index contributed by atoms with van der Waals surface area (Å²) in [6, 6.07) is 8.02. The Bertz CT molecular complexity index is 2450. The van der Waals surface area contributed by atoms with Gasteiger partial charge in [0.25, 0.3) is 11.1 Å². The Balaban J connectivity index is 0.000000271. The number of aryl methyl sites for hydroxylation is 4. The molecule has 4 aromatic rings. The maximum Gasteiger partial charge on any atom is 0.328 e. The van der Waals surface area contributed by atoms with Gasteiger partial charge in [0.15, 0.2) is 0 Å². The monoisotopic (exact) mass is 1000 g/mol. The summed E-state index contributed by atoms with van der Waals surface area (Å²) in [4.78, 5) is 99.0. The van der Waals surface area contributed by atoms with Crippen LogP contribution in [0.5, 0.6) is 0 Å². The van der Waals surface area contributed by atoms with Crippen molar-refractivity contribution in [1.29, 1.82) is 0 Å². The number of carboxylic acid groups (broad SMARTS) is 2. The van der Waals surface area contributed by atoms with E-state index in [0.717, 1.165) is 138 Å². The highest BCUT2D eigenvalue weighted by atomic mass is 16.4. The van der Waals surface area contributed by atoms with Crippen LogP contribution in [0, 0.1) is 0 Å². The van der Waals surface area contributed by atoms with Gasteiger partial charge in [0.1, 0.15) is 23.3 Å². The molecule has 2 atom stereocenters. The van der Waals surface area contributed by atoms with E-state index in [-0.39, 0.29) is 33.3 Å². The second kappa shape index (κ2) is 27.5. The zero-order valence-corrected chi connectivity index (χ0v) is 44.3. The van der Waals surface area contributed by atoms with Crippen molar-refractivity contribution in [2.45, 2.75) is 157 Å². The van der Waals surface area contributed by atoms with Gasteiger partial charge in [0.2, 0.25) is 0 Å². The normalized spacial score (nSPS) is 15.6. The van der Waals surface area contributed by atoms with Crippen LogP contribution in [-0.2, 0) is 46.4 Å². The number of nitrogens with one attached hydrogen (secondary N) is 2. The molecule has 0 aliphatic carbocycles. The number of hydrogen-bond donors (Lipinski definition) is 4. The number of piperazine rings is 2. The molecule has 72 heavy (non-hydrogen) atoms. The largest absolute Gasteiger partial charge is 0.478 e. The molecule has 20 nitrogen and oxygen atoms in total. The van der Waals surface area contributed by atoms with Gasteiger partial charge in [0.05, 0.1) is 0 Å². The molecule has 0 bridgehead atoms. The van der Waals surface area contributed by atoms with E-state index in [2.05, 4.69) is 111 Å². The van der Waals surface area contributed by atoms with Crippen molar-refractivity contribution in [3.63, 3.8) is 0 Å². The molecule has 396 valence electrons. The van der Waals surface area contributed by atoms with Crippen LogP contribution < -0.4 is 32.3 Å². The number of carbonyl (C=O) groups is 2. The second-order valence-electron chi connectivity index (χ2n) is 20.7. The number of nitrogens with zero attached hydrogens (tertiary/aromatic N) is 10. The van der Waals surface area contributed by atoms with Crippen LogP contribution in [0.4, 0.5) is 11.6 Å². The fraction of sp³-hybridized carbons (Fsp3) is 0.615. The quantitative estimate of drug-likeness (QED) is 0.0974. The highest BCUT2D eigenvalue weighted by Gasteiger charge is 2.27. The number of carboxylic acids is 2. The number of hydrogen-bond acceptors (Lipinski definition) is 14. The van der Waals surface area contributed by atoms with Crippen molar-refractivity contribution < 1.29 is 19.8 Å². The molecule has 2 aliphatic heterocycles. The number of aliphatic carboxylic acids is 2. The molecule has 2 fully saturated rings. The topological polar surface area (TPSA) is 249 Å². The SMILES string of the molecule is CCCc1cc(N2CCN(C(C)CCCn3ccc(=O)[nH]c3=O)CC2)nc(C(C)(C)C)n1.CCCc1cc(N2CCN(C(C)CCCn3ccc(=O)[nH]c3=O)CC2)nc(C(C)(C)C)n1.O=C(O)C=CC(=O)O. The third kappa shape index (κ3) is 19.0. The minimum atomic E-state index is -1.26. The first kappa shape index (κ1) is 58.3. The maximum atomic E-state index is 11.8. The third-order valence-corrected chi connectivity index (χ3v) is 12.6. The van der Waals surface area contributed by atoms with E-state index >= 15 is 0 Å². The first-order valence-corrected chi connectivity index (χ1v) is 25.5. The number of H-pyrrole nitrogens is 2. The standard InChI is InChI=1S/2C24H38N6O2.C4H4O4/c2*1-6-8-19-17-20(26-22(25-19)24(3,4)5)29-15-13-28(14-16-29)18(2)9-7-11-30-12-10-21(31)27-23(30)32;5-3(6)1-2-4(7)8/h2*10,12,17-18H,6-9,11,13-16H2,1-5H3,(H,27,31,32);1-2H,(H,5,6)(H,7,8). The van der Waals surface area contributed by atoms with Crippen LogP contribution in [0.2, 0.25) is 0 Å². The first-order chi connectivity index (χ1) is 34.0. The van der Waals surface area contributed by atoms with Gasteiger partial charge >= 0.3 is 23.3 Å². The summed E-state index contributed by atoms with van der Waals surface area (Å²) in [5, 5.41) is 15.6. The minimum absolute atomic E-state index is 0.0669. The average molecular weight is 1000 g/mol. The van der Waals surface area contributed by atoms with Crippen LogP contribution in [0.1, 0.15) is 131 Å². The third-order valence-electron chi connectivity index (χ3n) is 12.6. The van der Waals surface area contributed by atoms with E-state index in [1.165, 1.54) is 12.1 Å². The minimum Gasteiger partial charge on any atom is -0.478 e. The molecular weight excluding hydrogens is 921 g/mol. The fourth-order valence-corrected chi connectivity index (χ4v) is 8.38. The highest BCUT2D eigenvalue weighted by molar-refractivity contribution is 5.89. The summed E-state index contributed by atoms with van der Waals surface area (Å²) in [6.45, 7) is 31.0. The number of anilines is 2. The maximum absolute atomic E-state index is 11.8. The Morgan fingerprint density at radius 3 is 1.24 bits per heavy atom. The van der Waals surface area contributed by atoms with Crippen molar-refractivity contribution in [3.05, 3.63) is 114 Å². The van der Waals surface area contributed by atoms with Gasteiger partial charge in [-0.05, 0) is 52.4 Å². The smallest absolute Gasteiger partial charge is 0.328 e. The van der Waals surface area contributed by atoms with E-state index in [1.54, 1.807) is 21.5 Å². The molecule has 0 aromatic carbocycles. The summed E-state index contributed by atoms with van der Waals surface area (Å²) in [5.41, 5.74) is 0.772. The van der Waals surface area contributed by atoms with Gasteiger partial charge in [0, 0.05) is 149 Å². The Labute approximate surface area is 423 Å². The van der Waals surface area contributed by atoms with Crippen LogP contribution in [0.3, 0.4) is 0 Å². The average Bonchev–Trinajstić information content (AvgIpc) is 3.32. The summed E-state index contributed by atoms with van der Waals surface area (Å²) >= 11 is 0. The molecule has 6 rings (SSSR count). The fourth-order valence-electron chi connectivity index (χ4n) is 8.38. The molecular formula is C52H80N12O8. The van der Waals surface area contributed by atoms with Crippen LogP contribution in [0.25, 0.3) is 0 Å². The van der Waals surface area contributed by atoms with Gasteiger partial charge in [-0.15, -0.1) is 0 Å². The summed E-state index contributed by atoms with van der Waals surface area (Å²) in [7, 11) is 0. The van der Waals surface area contributed by atoms with Gasteiger partial charge in [-0.3, -0.25) is 29.4 Å². The van der Waals surface area contributed by atoms with Crippen LogP contribution in [-0.4, -0.2) is 135 Å². The van der Waals surface area contributed by atoms with Gasteiger partial charge in [-0.25, -0.2) is 39.1 Å². The van der Waals surface area contributed by atoms with E-state index in [4.69, 9.17) is 30.1 Å². The van der Waals surface area contributed by atoms with Crippen molar-refractivity contribution in [2.24, 2.45) is 0 Å². The lowest BCUT2D eigenvalue weighted by Gasteiger charge is -2.39. The number of aromatic amines is 2. The van der Waals surface area contributed by atoms with Crippen molar-refractivity contribution >= 4 is 23.6 Å². The number of rotatable bonds is 18. The van der Waals surface area contributed by atoms with Gasteiger partial charge in [-0.2, -0.15) is 0 Å². The molecule has 2 unspecified atom stereocenters. The zero-order valence-electron chi connectivity index (χ0n) is 44.3. The van der Waals surface area contributed by atoms with E-state index in [1.807, 2.05) is 0 Å². The zero-order chi connectivity index (χ0) is 53.2. The lowest BCUT2D eigenvalue weighted by atomic mass is 9.95. The Kier molecular flexibility index (Phi) is 22.3. The van der Waals surface area contributed by atoms with Gasteiger partial charge in [-0.1, -0.05) is 68.2 Å². The summed E-state index contributed by atoms with van der Waals surface area (Å²) in [5.74, 6) is 1.44. The molecule has 0 spiro atoms. The first-order valence-electron chi connectivity index (χ1n) is 25.5. The molecule has 20 heteroatoms. The molecule has 4 N–H and O–H groups in total.